The lowest BCUT2D eigenvalue weighted by molar-refractivity contribution is -0.152. The van der Waals surface area contributed by atoms with E-state index in [1.165, 1.54) is 18.1 Å². The first kappa shape index (κ1) is 35.9. The highest BCUT2D eigenvalue weighted by atomic mass is 28.4. The molecule has 1 rings (SSSR count). The van der Waals surface area contributed by atoms with Crippen LogP contribution in [-0.2, 0) is 14.0 Å². The largest absolute Gasteiger partial charge is 0.462 e. The molecule has 0 heterocycles. The van der Waals surface area contributed by atoms with E-state index in [4.69, 9.17) is 15.6 Å². The predicted molar refractivity (Wildman–Crippen MR) is 165 cm³/mol. The normalized spacial score (nSPS) is 21.1. The number of aliphatic hydroxyl groups is 2. The lowest BCUT2D eigenvalue weighted by Crippen LogP contribution is -2.39. The maximum Gasteiger partial charge on any atom is 0.308 e. The summed E-state index contributed by atoms with van der Waals surface area (Å²) in [5, 5.41) is 20.3. The van der Waals surface area contributed by atoms with Crippen LogP contribution >= 0.6 is 0 Å². The van der Waals surface area contributed by atoms with E-state index in [0.29, 0.717) is 12.8 Å². The topological polar surface area (TPSA) is 76.0 Å². The van der Waals surface area contributed by atoms with Gasteiger partial charge in [-0.05, 0) is 88.8 Å². The number of ether oxygens (including phenoxy) is 1. The number of carbonyl (C=O) groups excluding carboxylic acids is 1. The molecule has 4 atom stereocenters. The van der Waals surface area contributed by atoms with Gasteiger partial charge in [-0.15, -0.1) is 12.3 Å². The molecule has 0 amide bonds. The minimum atomic E-state index is -1.62. The second kappa shape index (κ2) is 22.5. The van der Waals surface area contributed by atoms with Crippen LogP contribution in [0.3, 0.4) is 0 Å². The molecule has 0 saturated heterocycles. The molecule has 6 heteroatoms. The van der Waals surface area contributed by atoms with Gasteiger partial charge in [-0.3, -0.25) is 4.79 Å². The van der Waals surface area contributed by atoms with Crippen molar-refractivity contribution in [3.63, 3.8) is 0 Å². The fourth-order valence-corrected chi connectivity index (χ4v) is 8.44. The summed E-state index contributed by atoms with van der Waals surface area (Å²) < 4.78 is 12.6. The van der Waals surface area contributed by atoms with Crippen molar-refractivity contribution < 1.29 is 24.2 Å². The van der Waals surface area contributed by atoms with Crippen LogP contribution in [0.2, 0.25) is 18.1 Å². The highest BCUT2D eigenvalue weighted by molar-refractivity contribution is 6.73. The van der Waals surface area contributed by atoms with Crippen molar-refractivity contribution in [2.45, 2.75) is 179 Å². The zero-order valence-electron chi connectivity index (χ0n) is 25.5. The number of hydrogen-bond acceptors (Lipinski definition) is 5. The summed E-state index contributed by atoms with van der Waals surface area (Å²) in [6, 6.07) is 3.55. The molecule has 0 aromatic carbocycles. The molecule has 4 unspecified atom stereocenters. The minimum absolute atomic E-state index is 0.0437. The Labute approximate surface area is 241 Å². The van der Waals surface area contributed by atoms with Gasteiger partial charge >= 0.3 is 5.97 Å². The Balaban J connectivity index is 2.36. The molecule has 1 aliphatic carbocycles. The van der Waals surface area contributed by atoms with E-state index in [0.717, 1.165) is 96.3 Å². The van der Waals surface area contributed by atoms with Crippen LogP contribution < -0.4 is 0 Å². The summed E-state index contributed by atoms with van der Waals surface area (Å²) in [4.78, 5) is 12.6. The van der Waals surface area contributed by atoms with Crippen LogP contribution in [0, 0.1) is 12.3 Å². The summed E-state index contributed by atoms with van der Waals surface area (Å²) in [5.41, 5.74) is 0. The van der Waals surface area contributed by atoms with Gasteiger partial charge in [0, 0.05) is 6.42 Å². The van der Waals surface area contributed by atoms with Crippen molar-refractivity contribution in [1.29, 1.82) is 0 Å². The first-order valence-electron chi connectivity index (χ1n) is 16.2. The second-order valence-electron chi connectivity index (χ2n) is 11.6. The van der Waals surface area contributed by atoms with Crippen LogP contribution in [-0.4, -0.2) is 48.9 Å². The van der Waals surface area contributed by atoms with E-state index >= 15 is 0 Å². The Morgan fingerprint density at radius 1 is 0.897 bits per heavy atom. The molecule has 0 aromatic heterocycles. The number of allylic oxidation sites excluding steroid dienone is 1. The van der Waals surface area contributed by atoms with Crippen molar-refractivity contribution in [2.24, 2.45) is 0 Å². The molecular formula is C33H60O5Si. The Hall–Kier alpha value is -1.13. The summed E-state index contributed by atoms with van der Waals surface area (Å²) in [6.45, 7) is 6.88. The first-order chi connectivity index (χ1) is 18.9. The SMILES string of the molecule is C#CCCCC(O)CCCCCC(O)CC(=O)OC1CCCCC=CC(O[Si](CC)(CC)CC)CCCCC1. The molecule has 1 aliphatic rings. The van der Waals surface area contributed by atoms with Gasteiger partial charge in [-0.2, -0.15) is 0 Å². The number of unbranched alkanes of at least 4 members (excludes halogenated alkanes) is 3. The molecule has 0 aromatic rings. The number of carbonyl (C=O) groups is 1. The van der Waals surface area contributed by atoms with Gasteiger partial charge in [0.25, 0.3) is 0 Å². The van der Waals surface area contributed by atoms with E-state index in [2.05, 4.69) is 38.8 Å². The fraction of sp³-hybridized carbons (Fsp3) is 0.848. The van der Waals surface area contributed by atoms with E-state index in [9.17, 15) is 15.0 Å². The molecule has 39 heavy (non-hydrogen) atoms. The Bertz CT molecular complexity index is 676. The number of aliphatic hydroxyl groups excluding tert-OH is 2. The molecule has 0 saturated carbocycles. The Morgan fingerprint density at radius 3 is 2.18 bits per heavy atom. The lowest BCUT2D eigenvalue weighted by atomic mass is 10.0. The maximum absolute atomic E-state index is 12.6. The number of terminal acetylenes is 1. The average molecular weight is 565 g/mol. The number of hydrogen-bond donors (Lipinski definition) is 2. The third kappa shape index (κ3) is 17.3. The van der Waals surface area contributed by atoms with Crippen LogP contribution in [0.4, 0.5) is 0 Å². The smallest absolute Gasteiger partial charge is 0.308 e. The quantitative estimate of drug-likeness (QED) is 0.0612. The Morgan fingerprint density at radius 2 is 1.51 bits per heavy atom. The van der Waals surface area contributed by atoms with Crippen molar-refractivity contribution >= 4 is 14.3 Å². The van der Waals surface area contributed by atoms with Gasteiger partial charge < -0.3 is 19.4 Å². The standard InChI is InChI=1S/C33H60O5Si/c1-5-9-14-21-29(34)22-15-12-16-23-30(35)28-33(36)37-31-24-17-10-11-18-26-32(27-20-13-19-25-31)38-39(6-2,7-3)8-4/h1,18,26,29-32,34-35H,6-17,19-25,27-28H2,2-4H3. The molecule has 0 radical (unpaired) electrons. The van der Waals surface area contributed by atoms with Gasteiger partial charge in [0.1, 0.15) is 6.10 Å². The van der Waals surface area contributed by atoms with Crippen LogP contribution in [0.1, 0.15) is 136 Å². The zero-order valence-corrected chi connectivity index (χ0v) is 26.5. The third-order valence-corrected chi connectivity index (χ3v) is 13.1. The summed E-state index contributed by atoms with van der Waals surface area (Å²) in [7, 11) is -1.62. The summed E-state index contributed by atoms with van der Waals surface area (Å²) in [5.74, 6) is 2.33. The van der Waals surface area contributed by atoms with E-state index in [1.54, 1.807) is 0 Å². The average Bonchev–Trinajstić information content (AvgIpc) is 2.94. The van der Waals surface area contributed by atoms with Gasteiger partial charge in [-0.1, -0.05) is 65.0 Å². The maximum atomic E-state index is 12.6. The van der Waals surface area contributed by atoms with Gasteiger partial charge in [0.05, 0.1) is 24.7 Å². The van der Waals surface area contributed by atoms with Gasteiger partial charge in [-0.25, -0.2) is 0 Å². The van der Waals surface area contributed by atoms with E-state index < -0.39 is 14.4 Å². The molecule has 0 bridgehead atoms. The first-order valence-corrected chi connectivity index (χ1v) is 18.7. The Kier molecular flexibility index (Phi) is 20.7. The van der Waals surface area contributed by atoms with E-state index in [-0.39, 0.29) is 30.7 Å². The summed E-state index contributed by atoms with van der Waals surface area (Å²) in [6.07, 6.45) is 25.0. The fourth-order valence-electron chi connectivity index (χ4n) is 5.60. The van der Waals surface area contributed by atoms with Crippen molar-refractivity contribution in [2.75, 3.05) is 0 Å². The van der Waals surface area contributed by atoms with E-state index in [1.807, 2.05) is 0 Å². The van der Waals surface area contributed by atoms with Crippen LogP contribution in [0.25, 0.3) is 0 Å². The number of rotatable bonds is 17. The van der Waals surface area contributed by atoms with Gasteiger partial charge in [0.2, 0.25) is 0 Å². The molecule has 0 fully saturated rings. The molecule has 5 nitrogen and oxygen atoms in total. The second-order valence-corrected chi connectivity index (χ2v) is 16.3. The highest BCUT2D eigenvalue weighted by Crippen LogP contribution is 2.26. The number of esters is 1. The highest BCUT2D eigenvalue weighted by Gasteiger charge is 2.31. The lowest BCUT2D eigenvalue weighted by Gasteiger charge is -2.32. The molecular weight excluding hydrogens is 504 g/mol. The minimum Gasteiger partial charge on any atom is -0.462 e. The van der Waals surface area contributed by atoms with Crippen molar-refractivity contribution in [1.82, 2.24) is 0 Å². The molecule has 226 valence electrons. The van der Waals surface area contributed by atoms with Crippen molar-refractivity contribution in [3.05, 3.63) is 12.2 Å². The van der Waals surface area contributed by atoms with Crippen molar-refractivity contribution in [3.8, 4) is 12.3 Å². The molecule has 0 spiro atoms. The van der Waals surface area contributed by atoms with Crippen LogP contribution in [0.5, 0.6) is 0 Å². The zero-order chi connectivity index (χ0) is 28.8. The molecule has 0 aliphatic heterocycles. The third-order valence-electron chi connectivity index (χ3n) is 8.48. The van der Waals surface area contributed by atoms with Crippen LogP contribution in [0.15, 0.2) is 12.2 Å². The van der Waals surface area contributed by atoms with Gasteiger partial charge in [0.15, 0.2) is 8.32 Å². The predicted octanol–water partition coefficient (Wildman–Crippen LogP) is 8.24. The molecule has 2 N–H and O–H groups in total. The summed E-state index contributed by atoms with van der Waals surface area (Å²) >= 11 is 0. The monoisotopic (exact) mass is 564 g/mol.